The van der Waals surface area contributed by atoms with E-state index in [-0.39, 0.29) is 11.9 Å². The highest BCUT2D eigenvalue weighted by atomic mass is 16.5. The number of piperazine rings is 1. The summed E-state index contributed by atoms with van der Waals surface area (Å²) < 4.78 is 12.7. The Bertz CT molecular complexity index is 963. The van der Waals surface area contributed by atoms with E-state index >= 15 is 0 Å². The molecule has 156 valence electrons. The first-order chi connectivity index (χ1) is 14.7. The molecule has 0 radical (unpaired) electrons. The molecule has 3 amide bonds. The number of rotatable bonds is 6. The maximum absolute atomic E-state index is 12.6. The molecule has 0 saturated carbocycles. The van der Waals surface area contributed by atoms with Gasteiger partial charge in [-0.25, -0.2) is 4.79 Å². The molecule has 3 heterocycles. The first kappa shape index (κ1) is 19.6. The van der Waals surface area contributed by atoms with Gasteiger partial charge in [0.2, 0.25) is 0 Å². The maximum atomic E-state index is 12.6. The van der Waals surface area contributed by atoms with E-state index in [4.69, 9.17) is 9.15 Å². The van der Waals surface area contributed by atoms with Crippen LogP contribution < -0.4 is 10.1 Å². The molecule has 9 nitrogen and oxygen atoms in total. The smallest absolute Gasteiger partial charge is 0.321 e. The molecule has 3 aromatic rings. The third kappa shape index (κ3) is 4.80. The van der Waals surface area contributed by atoms with Crippen LogP contribution in [0.3, 0.4) is 0 Å². The van der Waals surface area contributed by atoms with Crippen LogP contribution in [0.25, 0.3) is 0 Å². The highest BCUT2D eigenvalue weighted by Crippen LogP contribution is 2.18. The zero-order valence-corrected chi connectivity index (χ0v) is 16.4. The molecule has 9 heteroatoms. The molecule has 4 rings (SSSR count). The number of hydrogen-bond donors (Lipinski definition) is 1. The van der Waals surface area contributed by atoms with Crippen LogP contribution in [-0.2, 0) is 6.54 Å². The van der Waals surface area contributed by atoms with Crippen molar-refractivity contribution in [2.75, 3.05) is 38.1 Å². The van der Waals surface area contributed by atoms with Crippen LogP contribution in [0.2, 0.25) is 0 Å². The molecule has 1 aliphatic rings. The number of furan rings is 1. The topological polar surface area (TPSA) is 92.8 Å². The van der Waals surface area contributed by atoms with Crippen molar-refractivity contribution in [1.29, 1.82) is 0 Å². The van der Waals surface area contributed by atoms with Gasteiger partial charge in [0.25, 0.3) is 5.91 Å². The van der Waals surface area contributed by atoms with E-state index in [0.717, 1.165) is 0 Å². The summed E-state index contributed by atoms with van der Waals surface area (Å²) in [6.07, 6.45) is 5.08. The fraction of sp³-hybridized carbons (Fsp3) is 0.286. The van der Waals surface area contributed by atoms with Gasteiger partial charge in [-0.2, -0.15) is 5.10 Å². The minimum absolute atomic E-state index is 0.153. The van der Waals surface area contributed by atoms with Crippen LogP contribution >= 0.6 is 0 Å². The van der Waals surface area contributed by atoms with Gasteiger partial charge in [-0.3, -0.25) is 9.48 Å². The lowest BCUT2D eigenvalue weighted by Gasteiger charge is -2.34. The van der Waals surface area contributed by atoms with Crippen LogP contribution in [0, 0.1) is 0 Å². The molecular weight excluding hydrogens is 386 g/mol. The number of benzene rings is 1. The second kappa shape index (κ2) is 9.17. The highest BCUT2D eigenvalue weighted by Gasteiger charge is 2.26. The number of amides is 3. The Morgan fingerprint density at radius 3 is 2.63 bits per heavy atom. The maximum Gasteiger partial charge on any atom is 0.321 e. The normalized spacial score (nSPS) is 13.9. The Hall–Kier alpha value is -3.75. The SMILES string of the molecule is O=C(Nc1cccc(OCCn2cccn2)c1)N1CCN(C(=O)c2ccco2)CC1. The third-order valence-corrected chi connectivity index (χ3v) is 4.82. The second-order valence-corrected chi connectivity index (χ2v) is 6.83. The zero-order chi connectivity index (χ0) is 20.8. The van der Waals surface area contributed by atoms with E-state index in [1.54, 1.807) is 38.9 Å². The molecule has 1 saturated heterocycles. The Kier molecular flexibility index (Phi) is 5.98. The summed E-state index contributed by atoms with van der Waals surface area (Å²) in [5.41, 5.74) is 0.658. The van der Waals surface area contributed by atoms with Crippen LogP contribution in [-0.4, -0.2) is 64.3 Å². The van der Waals surface area contributed by atoms with E-state index < -0.39 is 0 Å². The quantitative estimate of drug-likeness (QED) is 0.675. The molecule has 0 bridgehead atoms. The van der Waals surface area contributed by atoms with Gasteiger partial charge in [-0.15, -0.1) is 0 Å². The Balaban J connectivity index is 1.25. The average molecular weight is 409 g/mol. The number of anilines is 1. The van der Waals surface area contributed by atoms with Gasteiger partial charge in [-0.05, 0) is 30.3 Å². The van der Waals surface area contributed by atoms with E-state index in [1.165, 1.54) is 6.26 Å². The lowest BCUT2D eigenvalue weighted by atomic mass is 10.3. The predicted molar refractivity (Wildman–Crippen MR) is 109 cm³/mol. The van der Waals surface area contributed by atoms with Gasteiger partial charge in [0.15, 0.2) is 5.76 Å². The molecule has 1 aromatic carbocycles. The van der Waals surface area contributed by atoms with E-state index in [0.29, 0.717) is 56.5 Å². The van der Waals surface area contributed by atoms with E-state index in [2.05, 4.69) is 10.4 Å². The Labute approximate surface area is 173 Å². The summed E-state index contributed by atoms with van der Waals surface area (Å²) in [5.74, 6) is 0.839. The Morgan fingerprint density at radius 2 is 1.90 bits per heavy atom. The van der Waals surface area contributed by atoms with E-state index in [9.17, 15) is 9.59 Å². The summed E-state index contributed by atoms with van der Waals surface area (Å²) in [4.78, 5) is 28.3. The van der Waals surface area contributed by atoms with Crippen LogP contribution in [0.1, 0.15) is 10.6 Å². The molecule has 1 aliphatic heterocycles. The fourth-order valence-electron chi connectivity index (χ4n) is 3.22. The number of nitrogens with one attached hydrogen (secondary N) is 1. The molecule has 30 heavy (non-hydrogen) atoms. The standard InChI is InChI=1S/C21H23N5O4/c27-20(19-6-2-14-30-19)24-9-11-25(12-10-24)21(28)23-17-4-1-5-18(16-17)29-15-13-26-8-3-7-22-26/h1-8,14,16H,9-13,15H2,(H,23,28). The molecule has 0 aliphatic carbocycles. The van der Waals surface area contributed by atoms with Gasteiger partial charge in [-0.1, -0.05) is 6.07 Å². The summed E-state index contributed by atoms with van der Waals surface area (Å²) in [7, 11) is 0. The molecule has 1 N–H and O–H groups in total. The number of carbonyl (C=O) groups excluding carboxylic acids is 2. The molecule has 2 aromatic heterocycles. The minimum Gasteiger partial charge on any atom is -0.492 e. The molecule has 0 atom stereocenters. The van der Waals surface area contributed by atoms with Crippen molar-refractivity contribution in [3.05, 3.63) is 66.9 Å². The minimum atomic E-state index is -0.200. The monoisotopic (exact) mass is 409 g/mol. The number of nitrogens with zero attached hydrogens (tertiary/aromatic N) is 4. The zero-order valence-electron chi connectivity index (χ0n) is 16.4. The molecule has 1 fully saturated rings. The molecular formula is C21H23N5O4. The van der Waals surface area contributed by atoms with Crippen LogP contribution in [0.4, 0.5) is 10.5 Å². The summed E-state index contributed by atoms with van der Waals surface area (Å²) >= 11 is 0. The lowest BCUT2D eigenvalue weighted by Crippen LogP contribution is -2.51. The van der Waals surface area contributed by atoms with E-state index in [1.807, 2.05) is 30.5 Å². The lowest BCUT2D eigenvalue weighted by molar-refractivity contribution is 0.0640. The first-order valence-electron chi connectivity index (χ1n) is 9.78. The fourth-order valence-corrected chi connectivity index (χ4v) is 3.22. The van der Waals surface area contributed by atoms with Crippen LogP contribution in [0.5, 0.6) is 5.75 Å². The van der Waals surface area contributed by atoms with Crippen molar-refractivity contribution in [2.45, 2.75) is 6.54 Å². The number of aromatic nitrogens is 2. The van der Waals surface area contributed by atoms with Crippen molar-refractivity contribution < 1.29 is 18.7 Å². The molecule has 0 unspecified atom stereocenters. The predicted octanol–water partition coefficient (Wildman–Crippen LogP) is 2.55. The largest absolute Gasteiger partial charge is 0.492 e. The number of hydrogen-bond acceptors (Lipinski definition) is 5. The number of ether oxygens (including phenoxy) is 1. The van der Waals surface area contributed by atoms with Gasteiger partial charge in [0, 0.05) is 50.3 Å². The van der Waals surface area contributed by atoms with Gasteiger partial charge >= 0.3 is 6.03 Å². The van der Waals surface area contributed by atoms with Crippen molar-refractivity contribution in [1.82, 2.24) is 19.6 Å². The average Bonchev–Trinajstić information content (AvgIpc) is 3.48. The van der Waals surface area contributed by atoms with Crippen molar-refractivity contribution in [3.8, 4) is 5.75 Å². The third-order valence-electron chi connectivity index (χ3n) is 4.82. The van der Waals surface area contributed by atoms with Crippen molar-refractivity contribution in [2.24, 2.45) is 0 Å². The first-order valence-corrected chi connectivity index (χ1v) is 9.78. The molecule has 0 spiro atoms. The Morgan fingerprint density at radius 1 is 1.07 bits per heavy atom. The van der Waals surface area contributed by atoms with Gasteiger partial charge in [0.05, 0.1) is 12.8 Å². The number of urea groups is 1. The van der Waals surface area contributed by atoms with Crippen molar-refractivity contribution >= 4 is 17.6 Å². The van der Waals surface area contributed by atoms with Crippen LogP contribution in [0.15, 0.2) is 65.5 Å². The summed E-state index contributed by atoms with van der Waals surface area (Å²) in [5, 5.41) is 7.03. The summed E-state index contributed by atoms with van der Waals surface area (Å²) in [6, 6.07) is 12.3. The summed E-state index contributed by atoms with van der Waals surface area (Å²) in [6.45, 7) is 2.96. The number of carbonyl (C=O) groups is 2. The van der Waals surface area contributed by atoms with Gasteiger partial charge in [0.1, 0.15) is 12.4 Å². The second-order valence-electron chi connectivity index (χ2n) is 6.83. The van der Waals surface area contributed by atoms with Gasteiger partial charge < -0.3 is 24.3 Å². The highest BCUT2D eigenvalue weighted by molar-refractivity contribution is 5.92. The van der Waals surface area contributed by atoms with Crippen molar-refractivity contribution in [3.63, 3.8) is 0 Å².